The first-order valence-electron chi connectivity index (χ1n) is 3.69. The minimum Gasteiger partial charge on any atom is -0.336 e. The highest BCUT2D eigenvalue weighted by atomic mass is 127. The van der Waals surface area contributed by atoms with Crippen molar-refractivity contribution < 1.29 is 8.78 Å². The molecule has 6 heteroatoms. The van der Waals surface area contributed by atoms with E-state index in [9.17, 15) is 8.78 Å². The molecule has 0 bridgehead atoms. The molecule has 0 atom stereocenters. The number of nitrogens with one attached hydrogen (secondary N) is 1. The molecule has 0 aliphatic carbocycles. The molecular weight excluding hydrogens is 369 g/mol. The summed E-state index contributed by atoms with van der Waals surface area (Å²) in [6.07, 6.45) is 0. The summed E-state index contributed by atoms with van der Waals surface area (Å²) in [4.78, 5) is 3.23. The second-order valence-electron chi connectivity index (χ2n) is 2.74. The summed E-state index contributed by atoms with van der Waals surface area (Å²) in [5.41, 5.74) is 1.16. The number of benzene rings is 1. The van der Waals surface area contributed by atoms with Crippen molar-refractivity contribution in [1.29, 1.82) is 0 Å². The number of alkyl halides is 3. The van der Waals surface area contributed by atoms with E-state index in [1.807, 2.05) is 6.07 Å². The number of hydrogen-bond acceptors (Lipinski definition) is 1. The van der Waals surface area contributed by atoms with E-state index in [1.54, 1.807) is 12.1 Å². The molecule has 0 spiro atoms. The van der Waals surface area contributed by atoms with E-state index in [1.165, 1.54) is 0 Å². The fourth-order valence-electron chi connectivity index (χ4n) is 1.12. The Morgan fingerprint density at radius 3 is 2.79 bits per heavy atom. The summed E-state index contributed by atoms with van der Waals surface area (Å²) >= 11 is 4.37. The molecule has 0 unspecified atom stereocenters. The first kappa shape index (κ1) is 10.3. The number of hydrogen-bond donors (Lipinski definition) is 1. The first-order valence-corrected chi connectivity index (χ1v) is 5.56. The highest BCUT2D eigenvalue weighted by molar-refractivity contribution is 14.1. The van der Waals surface area contributed by atoms with Crippen LogP contribution in [0.4, 0.5) is 8.78 Å². The Morgan fingerprint density at radius 1 is 1.43 bits per heavy atom. The maximum absolute atomic E-state index is 12.8. The van der Waals surface area contributed by atoms with Crippen LogP contribution >= 0.6 is 38.5 Å². The Hall–Kier alpha value is -0.240. The first-order chi connectivity index (χ1) is 6.47. The quantitative estimate of drug-likeness (QED) is 0.601. The van der Waals surface area contributed by atoms with E-state index < -0.39 is 4.83 Å². The predicted octanol–water partition coefficient (Wildman–Crippen LogP) is 3.61. The molecule has 74 valence electrons. The van der Waals surface area contributed by atoms with Gasteiger partial charge in [0.2, 0.25) is 0 Å². The molecule has 0 radical (unpaired) electrons. The van der Waals surface area contributed by atoms with Gasteiger partial charge in [-0.1, -0.05) is 0 Å². The van der Waals surface area contributed by atoms with E-state index in [4.69, 9.17) is 0 Å². The van der Waals surface area contributed by atoms with Crippen LogP contribution < -0.4 is 0 Å². The van der Waals surface area contributed by atoms with Crippen molar-refractivity contribution in [2.24, 2.45) is 0 Å². The monoisotopic (exact) mass is 372 g/mol. The lowest BCUT2D eigenvalue weighted by Crippen LogP contribution is -2.04. The van der Waals surface area contributed by atoms with Gasteiger partial charge in [0.25, 0.3) is 0 Å². The number of nitrogens with zero attached hydrogens (tertiary/aromatic N) is 1. The molecule has 0 saturated carbocycles. The molecule has 0 aliphatic heterocycles. The van der Waals surface area contributed by atoms with Crippen LogP contribution in [-0.4, -0.2) is 9.97 Å². The summed E-state index contributed by atoms with van der Waals surface area (Å²) < 4.78 is 26.6. The van der Waals surface area contributed by atoms with Gasteiger partial charge < -0.3 is 4.98 Å². The van der Waals surface area contributed by atoms with Crippen LogP contribution in [-0.2, 0) is 4.83 Å². The van der Waals surface area contributed by atoms with Crippen LogP contribution in [0, 0.1) is 3.57 Å². The predicted molar refractivity (Wildman–Crippen MR) is 61.6 cm³/mol. The lowest BCUT2D eigenvalue weighted by Gasteiger charge is -2.01. The summed E-state index contributed by atoms with van der Waals surface area (Å²) in [7, 11) is 0. The number of aromatic amines is 1. The van der Waals surface area contributed by atoms with Crippen molar-refractivity contribution >= 4 is 49.6 Å². The maximum Gasteiger partial charge on any atom is 0.358 e. The molecule has 0 fully saturated rings. The van der Waals surface area contributed by atoms with Crippen molar-refractivity contribution in [3.63, 3.8) is 0 Å². The zero-order valence-electron chi connectivity index (χ0n) is 6.69. The van der Waals surface area contributed by atoms with Gasteiger partial charge in [-0.2, -0.15) is 8.78 Å². The normalized spacial score (nSPS) is 12.3. The van der Waals surface area contributed by atoms with E-state index >= 15 is 0 Å². The highest BCUT2D eigenvalue weighted by Gasteiger charge is 2.31. The standard InChI is InChI=1S/C8H4BrF2IN2/c9-8(10,11)7-13-5-2-1-4(12)3-6(5)14-7/h1-3H,(H,13,14). The van der Waals surface area contributed by atoms with E-state index in [-0.39, 0.29) is 5.82 Å². The Morgan fingerprint density at radius 2 is 2.14 bits per heavy atom. The van der Waals surface area contributed by atoms with Crippen molar-refractivity contribution in [3.8, 4) is 0 Å². The Balaban J connectivity index is 2.63. The maximum atomic E-state index is 12.8. The lowest BCUT2D eigenvalue weighted by atomic mass is 10.3. The topological polar surface area (TPSA) is 28.7 Å². The number of halogens is 4. The summed E-state index contributed by atoms with van der Waals surface area (Å²) in [5.74, 6) is -0.366. The van der Waals surface area contributed by atoms with Gasteiger partial charge in [0.15, 0.2) is 5.82 Å². The minimum absolute atomic E-state index is 0.366. The van der Waals surface area contributed by atoms with Crippen molar-refractivity contribution in [2.75, 3.05) is 0 Å². The van der Waals surface area contributed by atoms with Gasteiger partial charge in [-0.05, 0) is 56.7 Å². The minimum atomic E-state index is -3.10. The van der Waals surface area contributed by atoms with Crippen molar-refractivity contribution in [2.45, 2.75) is 4.83 Å². The van der Waals surface area contributed by atoms with Gasteiger partial charge in [0.1, 0.15) is 0 Å². The van der Waals surface area contributed by atoms with Crippen molar-refractivity contribution in [1.82, 2.24) is 9.97 Å². The SMILES string of the molecule is FC(F)(Br)c1nc2ccc(I)cc2[nH]1. The van der Waals surface area contributed by atoms with Crippen molar-refractivity contribution in [3.05, 3.63) is 27.6 Å². The number of imidazole rings is 1. The number of aromatic nitrogens is 2. The average Bonchev–Trinajstić information content (AvgIpc) is 2.45. The molecule has 1 N–H and O–H groups in total. The number of fused-ring (bicyclic) bond motifs is 1. The number of H-pyrrole nitrogens is 1. The Kier molecular flexibility index (Phi) is 2.50. The molecule has 1 aromatic carbocycles. The summed E-state index contributed by atoms with van der Waals surface area (Å²) in [6.45, 7) is 0. The third-order valence-electron chi connectivity index (χ3n) is 1.71. The van der Waals surface area contributed by atoms with Crippen LogP contribution in [0.1, 0.15) is 5.82 Å². The van der Waals surface area contributed by atoms with Gasteiger partial charge in [0, 0.05) is 3.57 Å². The molecule has 2 rings (SSSR count). The average molecular weight is 373 g/mol. The number of rotatable bonds is 1. The van der Waals surface area contributed by atoms with Gasteiger partial charge >= 0.3 is 4.83 Å². The molecule has 1 heterocycles. The fraction of sp³-hybridized carbons (Fsp3) is 0.125. The fourth-order valence-corrected chi connectivity index (χ4v) is 1.80. The van der Waals surface area contributed by atoms with E-state index in [0.717, 1.165) is 3.57 Å². The van der Waals surface area contributed by atoms with Crippen LogP contribution in [0.5, 0.6) is 0 Å². The lowest BCUT2D eigenvalue weighted by molar-refractivity contribution is 0.105. The second kappa shape index (κ2) is 3.41. The third kappa shape index (κ3) is 1.90. The summed E-state index contributed by atoms with van der Waals surface area (Å²) in [5, 5.41) is 0. The van der Waals surface area contributed by atoms with Gasteiger partial charge in [-0.15, -0.1) is 0 Å². The molecule has 0 aliphatic rings. The zero-order valence-corrected chi connectivity index (χ0v) is 10.4. The second-order valence-corrected chi connectivity index (χ2v) is 4.99. The van der Waals surface area contributed by atoms with Crippen LogP contribution in [0.2, 0.25) is 0 Å². The molecule has 0 saturated heterocycles. The van der Waals surface area contributed by atoms with Crippen LogP contribution in [0.25, 0.3) is 11.0 Å². The van der Waals surface area contributed by atoms with Gasteiger partial charge in [0.05, 0.1) is 11.0 Å². The highest BCUT2D eigenvalue weighted by Crippen LogP contribution is 2.33. The van der Waals surface area contributed by atoms with Gasteiger partial charge in [-0.25, -0.2) is 4.98 Å². The van der Waals surface area contributed by atoms with E-state index in [2.05, 4.69) is 48.5 Å². The molecule has 2 aromatic rings. The Labute approximate surface area is 100 Å². The van der Waals surface area contributed by atoms with Crippen LogP contribution in [0.3, 0.4) is 0 Å². The molecule has 1 aromatic heterocycles. The smallest absolute Gasteiger partial charge is 0.336 e. The van der Waals surface area contributed by atoms with Gasteiger partial charge in [-0.3, -0.25) is 0 Å². The largest absolute Gasteiger partial charge is 0.358 e. The van der Waals surface area contributed by atoms with Crippen LogP contribution in [0.15, 0.2) is 18.2 Å². The molecular formula is C8H4BrF2IN2. The summed E-state index contributed by atoms with van der Waals surface area (Å²) in [6, 6.07) is 5.29. The Bertz CT molecular complexity index is 478. The van der Waals surface area contributed by atoms with E-state index in [0.29, 0.717) is 11.0 Å². The third-order valence-corrected chi connectivity index (χ3v) is 2.76. The molecule has 2 nitrogen and oxygen atoms in total. The molecule has 0 amide bonds. The zero-order chi connectivity index (χ0) is 10.3. The molecule has 14 heavy (non-hydrogen) atoms.